The molecule has 0 unspecified atom stereocenters. The molecule has 0 aliphatic carbocycles. The van der Waals surface area contributed by atoms with Crippen LogP contribution in [0.1, 0.15) is 0 Å². The van der Waals surface area contributed by atoms with E-state index in [9.17, 15) is 0 Å². The third-order valence-corrected chi connectivity index (χ3v) is 2.90. The lowest BCUT2D eigenvalue weighted by atomic mass is 10.3. The second-order valence-electron chi connectivity index (χ2n) is 3.33. The Morgan fingerprint density at radius 3 is 2.56 bits per heavy atom. The molecule has 0 aliphatic rings. The summed E-state index contributed by atoms with van der Waals surface area (Å²) >= 11 is 1.36. The molecule has 0 saturated carbocycles. The molecule has 3 N–H and O–H groups in total. The van der Waals surface area contributed by atoms with Gasteiger partial charge in [-0.1, -0.05) is 11.8 Å². The van der Waals surface area contributed by atoms with Gasteiger partial charge in [-0.3, -0.25) is 5.41 Å². The molecule has 1 aromatic rings. The van der Waals surface area contributed by atoms with Crippen LogP contribution in [0, 0.1) is 5.41 Å². The fourth-order valence-electron chi connectivity index (χ4n) is 1.26. The summed E-state index contributed by atoms with van der Waals surface area (Å²) in [7, 11) is 3.67. The Balaban J connectivity index is 2.45. The third kappa shape index (κ3) is 4.02. The molecular formula is C11H17N3OS. The maximum atomic E-state index is 7.10. The fourth-order valence-corrected chi connectivity index (χ4v) is 1.84. The molecule has 0 aliphatic heterocycles. The Kier molecular flexibility index (Phi) is 4.98. The Bertz CT molecular complexity index is 340. The van der Waals surface area contributed by atoms with Gasteiger partial charge in [-0.25, -0.2) is 0 Å². The van der Waals surface area contributed by atoms with Gasteiger partial charge in [0.05, 0.1) is 7.11 Å². The minimum Gasteiger partial charge on any atom is -0.497 e. The van der Waals surface area contributed by atoms with Crippen molar-refractivity contribution >= 4 is 22.6 Å². The number of methoxy groups -OCH3 is 1. The molecule has 0 spiro atoms. The first kappa shape index (κ1) is 12.7. The maximum Gasteiger partial charge on any atom is 0.151 e. The normalized spacial score (nSPS) is 9.88. The quantitative estimate of drug-likeness (QED) is 0.607. The van der Waals surface area contributed by atoms with Gasteiger partial charge in [0.1, 0.15) is 5.75 Å². The molecule has 88 valence electrons. The highest BCUT2D eigenvalue weighted by Gasteiger charge is 2.01. The zero-order chi connectivity index (χ0) is 12.0. The van der Waals surface area contributed by atoms with E-state index >= 15 is 0 Å². The first-order chi connectivity index (χ1) is 7.63. The van der Waals surface area contributed by atoms with Crippen LogP contribution in [0.5, 0.6) is 5.75 Å². The van der Waals surface area contributed by atoms with Crippen molar-refractivity contribution in [3.05, 3.63) is 24.3 Å². The second kappa shape index (κ2) is 6.27. The van der Waals surface area contributed by atoms with E-state index in [-0.39, 0.29) is 5.17 Å². The summed E-state index contributed by atoms with van der Waals surface area (Å²) in [6.45, 7) is 0.858. The van der Waals surface area contributed by atoms with E-state index in [2.05, 4.69) is 4.90 Å². The first-order valence-electron chi connectivity index (χ1n) is 4.95. The summed E-state index contributed by atoms with van der Waals surface area (Å²) in [5.41, 5.74) is 6.40. The van der Waals surface area contributed by atoms with Gasteiger partial charge in [0.25, 0.3) is 0 Å². The van der Waals surface area contributed by atoms with Gasteiger partial charge in [-0.2, -0.15) is 0 Å². The SMILES string of the molecule is COc1ccc(N(C)CCSC(=N)N)cc1. The van der Waals surface area contributed by atoms with E-state index in [1.165, 1.54) is 11.8 Å². The number of benzene rings is 1. The van der Waals surface area contributed by atoms with E-state index in [0.717, 1.165) is 23.7 Å². The van der Waals surface area contributed by atoms with Crippen molar-refractivity contribution in [1.82, 2.24) is 0 Å². The molecule has 16 heavy (non-hydrogen) atoms. The number of amidine groups is 1. The molecule has 1 rings (SSSR count). The number of hydrogen-bond donors (Lipinski definition) is 2. The maximum absolute atomic E-state index is 7.10. The smallest absolute Gasteiger partial charge is 0.151 e. The molecule has 0 atom stereocenters. The number of hydrogen-bond acceptors (Lipinski definition) is 4. The summed E-state index contributed by atoms with van der Waals surface area (Å²) in [5.74, 6) is 1.67. The summed E-state index contributed by atoms with van der Waals surface area (Å²) in [6, 6.07) is 7.89. The van der Waals surface area contributed by atoms with Crippen LogP contribution in [-0.2, 0) is 0 Å². The molecule has 0 saturated heterocycles. The van der Waals surface area contributed by atoms with Gasteiger partial charge >= 0.3 is 0 Å². The number of nitrogens with one attached hydrogen (secondary N) is 1. The topological polar surface area (TPSA) is 62.3 Å². The standard InChI is InChI=1S/C11H17N3OS/c1-14(7-8-16-11(12)13)9-3-5-10(15-2)6-4-9/h3-6H,7-8H2,1-2H3,(H3,12,13). The number of ether oxygens (including phenoxy) is 1. The Hall–Kier alpha value is -1.36. The molecule has 4 nitrogen and oxygen atoms in total. The highest BCUT2D eigenvalue weighted by atomic mass is 32.2. The summed E-state index contributed by atoms with van der Waals surface area (Å²) in [4.78, 5) is 2.12. The van der Waals surface area contributed by atoms with Crippen molar-refractivity contribution in [2.24, 2.45) is 5.73 Å². The molecule has 0 fully saturated rings. The molecular weight excluding hydrogens is 222 g/mol. The summed E-state index contributed by atoms with van der Waals surface area (Å²) < 4.78 is 5.09. The van der Waals surface area contributed by atoms with E-state index in [0.29, 0.717) is 0 Å². The molecule has 0 aromatic heterocycles. The van der Waals surface area contributed by atoms with E-state index < -0.39 is 0 Å². The predicted octanol–water partition coefficient (Wildman–Crippen LogP) is 1.76. The van der Waals surface area contributed by atoms with E-state index in [1.807, 2.05) is 31.3 Å². The minimum absolute atomic E-state index is 0.170. The Morgan fingerprint density at radius 2 is 2.06 bits per heavy atom. The Labute approximate surface area is 100 Å². The lowest BCUT2D eigenvalue weighted by Gasteiger charge is -2.18. The van der Waals surface area contributed by atoms with Crippen molar-refractivity contribution in [3.63, 3.8) is 0 Å². The number of rotatable bonds is 5. The average molecular weight is 239 g/mol. The summed E-state index contributed by atoms with van der Waals surface area (Å²) in [6.07, 6.45) is 0. The van der Waals surface area contributed by atoms with Crippen LogP contribution in [0.2, 0.25) is 0 Å². The highest BCUT2D eigenvalue weighted by Crippen LogP contribution is 2.18. The van der Waals surface area contributed by atoms with Crippen molar-refractivity contribution in [2.45, 2.75) is 0 Å². The number of nitrogens with zero attached hydrogens (tertiary/aromatic N) is 1. The zero-order valence-electron chi connectivity index (χ0n) is 9.56. The fraction of sp³-hybridized carbons (Fsp3) is 0.364. The lowest BCUT2D eigenvalue weighted by Crippen LogP contribution is -2.21. The van der Waals surface area contributed by atoms with Crippen LogP contribution in [0.4, 0.5) is 5.69 Å². The minimum atomic E-state index is 0.170. The molecule has 1 aromatic carbocycles. The van der Waals surface area contributed by atoms with Crippen LogP contribution >= 0.6 is 11.8 Å². The van der Waals surface area contributed by atoms with Gasteiger partial charge in [0, 0.05) is 25.0 Å². The van der Waals surface area contributed by atoms with Crippen LogP contribution in [-0.4, -0.2) is 31.6 Å². The molecule has 0 amide bonds. The average Bonchev–Trinajstić information content (AvgIpc) is 2.28. The van der Waals surface area contributed by atoms with Crippen molar-refractivity contribution < 1.29 is 4.74 Å². The van der Waals surface area contributed by atoms with Crippen LogP contribution < -0.4 is 15.4 Å². The van der Waals surface area contributed by atoms with Gasteiger partial charge in [-0.15, -0.1) is 0 Å². The molecule has 0 radical (unpaired) electrons. The van der Waals surface area contributed by atoms with Gasteiger partial charge < -0.3 is 15.4 Å². The first-order valence-corrected chi connectivity index (χ1v) is 5.94. The highest BCUT2D eigenvalue weighted by molar-refractivity contribution is 8.13. The van der Waals surface area contributed by atoms with E-state index in [1.54, 1.807) is 7.11 Å². The summed E-state index contributed by atoms with van der Waals surface area (Å²) in [5, 5.41) is 7.27. The monoisotopic (exact) mass is 239 g/mol. The van der Waals surface area contributed by atoms with E-state index in [4.69, 9.17) is 15.9 Å². The third-order valence-electron chi connectivity index (χ3n) is 2.20. The van der Waals surface area contributed by atoms with Crippen molar-refractivity contribution in [3.8, 4) is 5.75 Å². The largest absolute Gasteiger partial charge is 0.497 e. The van der Waals surface area contributed by atoms with Crippen LogP contribution in [0.3, 0.4) is 0 Å². The number of anilines is 1. The second-order valence-corrected chi connectivity index (χ2v) is 4.47. The van der Waals surface area contributed by atoms with Crippen LogP contribution in [0.15, 0.2) is 24.3 Å². The number of nitrogens with two attached hydrogens (primary N) is 1. The van der Waals surface area contributed by atoms with Crippen molar-refractivity contribution in [2.75, 3.05) is 31.4 Å². The van der Waals surface area contributed by atoms with Crippen LogP contribution in [0.25, 0.3) is 0 Å². The van der Waals surface area contributed by atoms with Crippen molar-refractivity contribution in [1.29, 1.82) is 5.41 Å². The van der Waals surface area contributed by atoms with Gasteiger partial charge in [0.2, 0.25) is 0 Å². The molecule has 0 heterocycles. The Morgan fingerprint density at radius 1 is 1.44 bits per heavy atom. The number of thioether (sulfide) groups is 1. The molecule has 0 bridgehead atoms. The van der Waals surface area contributed by atoms with Gasteiger partial charge in [-0.05, 0) is 24.3 Å². The molecule has 5 heteroatoms. The zero-order valence-corrected chi connectivity index (χ0v) is 10.4. The predicted molar refractivity (Wildman–Crippen MR) is 70.6 cm³/mol. The van der Waals surface area contributed by atoms with Gasteiger partial charge in [0.15, 0.2) is 5.17 Å². The lowest BCUT2D eigenvalue weighted by molar-refractivity contribution is 0.415.